The number of carboxylic acids is 1. The van der Waals surface area contributed by atoms with E-state index in [2.05, 4.69) is 5.32 Å². The van der Waals surface area contributed by atoms with Crippen LogP contribution in [0.2, 0.25) is 0 Å². The Balaban J connectivity index is 2.53. The van der Waals surface area contributed by atoms with Gasteiger partial charge in [-0.2, -0.15) is 0 Å². The van der Waals surface area contributed by atoms with Crippen LogP contribution in [-0.4, -0.2) is 22.0 Å². The molecule has 0 saturated carbocycles. The van der Waals surface area contributed by atoms with Crippen LogP contribution in [-0.2, 0) is 11.3 Å². The Labute approximate surface area is 105 Å². The second kappa shape index (κ2) is 6.11. The molecule has 2 atom stereocenters. The quantitative estimate of drug-likeness (QED) is 0.594. The molecule has 0 fully saturated rings. The molecule has 1 rings (SSSR count). The molecule has 0 amide bonds. The second-order valence-electron chi connectivity index (χ2n) is 4.22. The average molecular weight is 252 g/mol. The normalized spacial score (nSPS) is 13.9. The third-order valence-corrected chi connectivity index (χ3v) is 2.91. The van der Waals surface area contributed by atoms with Gasteiger partial charge >= 0.3 is 5.97 Å². The highest BCUT2D eigenvalue weighted by Crippen LogP contribution is 2.12. The van der Waals surface area contributed by atoms with Crippen LogP contribution in [0.4, 0.5) is 5.69 Å². The first kappa shape index (κ1) is 14.1. The molecule has 6 heteroatoms. The van der Waals surface area contributed by atoms with E-state index in [1.54, 1.807) is 26.0 Å². The first-order valence-electron chi connectivity index (χ1n) is 5.61. The van der Waals surface area contributed by atoms with Crippen LogP contribution in [0.15, 0.2) is 24.3 Å². The van der Waals surface area contributed by atoms with E-state index in [0.29, 0.717) is 6.54 Å². The van der Waals surface area contributed by atoms with Gasteiger partial charge in [0.1, 0.15) is 0 Å². The highest BCUT2D eigenvalue weighted by molar-refractivity contribution is 5.70. The Morgan fingerprint density at radius 1 is 1.39 bits per heavy atom. The molecular weight excluding hydrogens is 236 g/mol. The van der Waals surface area contributed by atoms with E-state index >= 15 is 0 Å². The lowest BCUT2D eigenvalue weighted by atomic mass is 10.0. The summed E-state index contributed by atoms with van der Waals surface area (Å²) in [6.07, 6.45) is 0. The van der Waals surface area contributed by atoms with E-state index in [-0.39, 0.29) is 11.7 Å². The largest absolute Gasteiger partial charge is 0.481 e. The zero-order chi connectivity index (χ0) is 13.7. The topological polar surface area (TPSA) is 92.5 Å². The van der Waals surface area contributed by atoms with Crippen molar-refractivity contribution in [1.29, 1.82) is 0 Å². The predicted molar refractivity (Wildman–Crippen MR) is 66.2 cm³/mol. The lowest BCUT2D eigenvalue weighted by molar-refractivity contribution is -0.384. The van der Waals surface area contributed by atoms with E-state index in [1.807, 2.05) is 0 Å². The third-order valence-electron chi connectivity index (χ3n) is 2.91. The molecule has 18 heavy (non-hydrogen) atoms. The first-order chi connectivity index (χ1) is 8.41. The molecule has 1 aromatic carbocycles. The van der Waals surface area contributed by atoms with Gasteiger partial charge in [-0.05, 0) is 12.5 Å². The molecule has 1 aromatic rings. The van der Waals surface area contributed by atoms with Crippen LogP contribution in [0.1, 0.15) is 19.4 Å². The van der Waals surface area contributed by atoms with Crippen molar-refractivity contribution in [1.82, 2.24) is 5.32 Å². The monoisotopic (exact) mass is 252 g/mol. The minimum Gasteiger partial charge on any atom is -0.481 e. The molecule has 0 spiro atoms. The van der Waals surface area contributed by atoms with Gasteiger partial charge in [-0.25, -0.2) is 0 Å². The molecule has 0 aliphatic heterocycles. The van der Waals surface area contributed by atoms with Crippen molar-refractivity contribution in [2.24, 2.45) is 5.92 Å². The standard InChI is InChI=1S/C12H16N2O4/c1-8(12(15)16)9(2)13-7-10-3-5-11(6-4-10)14(17)18/h3-6,8-9,13H,7H2,1-2H3,(H,15,16). The van der Waals surface area contributed by atoms with Gasteiger partial charge in [0, 0.05) is 24.7 Å². The number of rotatable bonds is 6. The van der Waals surface area contributed by atoms with Gasteiger partial charge < -0.3 is 10.4 Å². The minimum atomic E-state index is -0.848. The number of carboxylic acid groups (broad SMARTS) is 1. The van der Waals surface area contributed by atoms with Crippen molar-refractivity contribution in [3.63, 3.8) is 0 Å². The summed E-state index contributed by atoms with van der Waals surface area (Å²) in [5.74, 6) is -1.33. The van der Waals surface area contributed by atoms with Crippen LogP contribution >= 0.6 is 0 Å². The molecule has 0 radical (unpaired) electrons. The molecule has 98 valence electrons. The average Bonchev–Trinajstić information content (AvgIpc) is 2.35. The summed E-state index contributed by atoms with van der Waals surface area (Å²) in [6, 6.07) is 6.01. The van der Waals surface area contributed by atoms with Gasteiger partial charge in [0.2, 0.25) is 0 Å². The van der Waals surface area contributed by atoms with Gasteiger partial charge in [0.25, 0.3) is 5.69 Å². The molecule has 0 saturated heterocycles. The summed E-state index contributed by atoms with van der Waals surface area (Å²) in [6.45, 7) is 3.91. The van der Waals surface area contributed by atoms with Crippen LogP contribution in [0.25, 0.3) is 0 Å². The lowest BCUT2D eigenvalue weighted by Crippen LogP contribution is -2.35. The molecule has 0 heterocycles. The number of nitro benzene ring substituents is 1. The number of non-ortho nitro benzene ring substituents is 1. The molecule has 2 N–H and O–H groups in total. The molecule has 0 bridgehead atoms. The van der Waals surface area contributed by atoms with Crippen molar-refractivity contribution in [3.05, 3.63) is 39.9 Å². The summed E-state index contributed by atoms with van der Waals surface area (Å²) < 4.78 is 0. The van der Waals surface area contributed by atoms with Crippen LogP contribution in [0, 0.1) is 16.0 Å². The van der Waals surface area contributed by atoms with E-state index in [4.69, 9.17) is 5.11 Å². The zero-order valence-electron chi connectivity index (χ0n) is 10.3. The number of nitro groups is 1. The van der Waals surface area contributed by atoms with E-state index in [1.165, 1.54) is 12.1 Å². The Morgan fingerprint density at radius 3 is 2.39 bits per heavy atom. The van der Waals surface area contributed by atoms with Crippen molar-refractivity contribution in [2.45, 2.75) is 26.4 Å². The summed E-state index contributed by atoms with van der Waals surface area (Å²) in [5, 5.41) is 22.4. The van der Waals surface area contributed by atoms with Crippen LogP contribution in [0.5, 0.6) is 0 Å². The molecule has 6 nitrogen and oxygen atoms in total. The smallest absolute Gasteiger partial charge is 0.307 e. The highest BCUT2D eigenvalue weighted by atomic mass is 16.6. The Bertz CT molecular complexity index is 430. The number of hydrogen-bond donors (Lipinski definition) is 2. The Hall–Kier alpha value is -1.95. The predicted octanol–water partition coefficient (Wildman–Crippen LogP) is 1.79. The number of aliphatic carboxylic acids is 1. The third kappa shape index (κ3) is 3.81. The number of benzene rings is 1. The molecule has 0 aliphatic carbocycles. The molecule has 2 unspecified atom stereocenters. The van der Waals surface area contributed by atoms with Crippen molar-refractivity contribution in [3.8, 4) is 0 Å². The summed E-state index contributed by atoms with van der Waals surface area (Å²) in [5.41, 5.74) is 0.927. The molecule has 0 aromatic heterocycles. The minimum absolute atomic E-state index is 0.0469. The number of nitrogens with zero attached hydrogens (tertiary/aromatic N) is 1. The SMILES string of the molecule is CC(NCc1ccc([N+](=O)[O-])cc1)C(C)C(=O)O. The molecule has 0 aliphatic rings. The Kier molecular flexibility index (Phi) is 4.79. The maximum atomic E-state index is 10.8. The first-order valence-corrected chi connectivity index (χ1v) is 5.61. The van der Waals surface area contributed by atoms with Gasteiger partial charge in [-0.15, -0.1) is 0 Å². The van der Waals surface area contributed by atoms with Crippen molar-refractivity contribution in [2.75, 3.05) is 0 Å². The number of hydrogen-bond acceptors (Lipinski definition) is 4. The summed E-state index contributed by atoms with van der Waals surface area (Å²) in [4.78, 5) is 20.8. The van der Waals surface area contributed by atoms with Crippen molar-refractivity contribution >= 4 is 11.7 Å². The van der Waals surface area contributed by atoms with Crippen LogP contribution in [0.3, 0.4) is 0 Å². The lowest BCUT2D eigenvalue weighted by Gasteiger charge is -2.17. The highest BCUT2D eigenvalue weighted by Gasteiger charge is 2.18. The van der Waals surface area contributed by atoms with Gasteiger partial charge in [-0.1, -0.05) is 19.1 Å². The zero-order valence-corrected chi connectivity index (χ0v) is 10.3. The fourth-order valence-electron chi connectivity index (χ4n) is 1.40. The van der Waals surface area contributed by atoms with E-state index in [0.717, 1.165) is 5.56 Å². The maximum Gasteiger partial charge on any atom is 0.307 e. The Morgan fingerprint density at radius 2 is 1.94 bits per heavy atom. The maximum absolute atomic E-state index is 10.8. The summed E-state index contributed by atoms with van der Waals surface area (Å²) in [7, 11) is 0. The number of nitrogens with one attached hydrogen (secondary N) is 1. The van der Waals surface area contributed by atoms with Gasteiger partial charge in [0.15, 0.2) is 0 Å². The number of carbonyl (C=O) groups is 1. The fraction of sp³-hybridized carbons (Fsp3) is 0.417. The van der Waals surface area contributed by atoms with E-state index in [9.17, 15) is 14.9 Å². The van der Waals surface area contributed by atoms with Gasteiger partial charge in [-0.3, -0.25) is 14.9 Å². The van der Waals surface area contributed by atoms with Crippen molar-refractivity contribution < 1.29 is 14.8 Å². The fourth-order valence-corrected chi connectivity index (χ4v) is 1.40. The second-order valence-corrected chi connectivity index (χ2v) is 4.22. The summed E-state index contributed by atoms with van der Waals surface area (Å²) >= 11 is 0. The van der Waals surface area contributed by atoms with Gasteiger partial charge in [0.05, 0.1) is 10.8 Å². The van der Waals surface area contributed by atoms with Crippen LogP contribution < -0.4 is 5.32 Å². The van der Waals surface area contributed by atoms with E-state index < -0.39 is 16.8 Å². The molecular formula is C12H16N2O4.